The summed E-state index contributed by atoms with van der Waals surface area (Å²) in [5.74, 6) is 0.725. The van der Waals surface area contributed by atoms with Crippen LogP contribution in [0, 0.1) is 16.7 Å². The van der Waals surface area contributed by atoms with Crippen molar-refractivity contribution >= 4 is 6.03 Å². The quantitative estimate of drug-likeness (QED) is 0.720. The van der Waals surface area contributed by atoms with Crippen LogP contribution in [0.2, 0.25) is 0 Å². The Morgan fingerprint density at radius 2 is 2.11 bits per heavy atom. The lowest BCUT2D eigenvalue weighted by Crippen LogP contribution is -2.52. The Labute approximate surface area is 110 Å². The van der Waals surface area contributed by atoms with Gasteiger partial charge in [-0.15, -0.1) is 0 Å². The lowest BCUT2D eigenvalue weighted by atomic mass is 9.69. The predicted octanol–water partition coefficient (Wildman–Crippen LogP) is 1.88. The SMILES string of the molecule is CC(CO)NC(=O)NC1CC2CCC1(C)C2(C)C. The van der Waals surface area contributed by atoms with E-state index in [4.69, 9.17) is 5.11 Å². The number of hydrogen-bond donors (Lipinski definition) is 3. The number of aliphatic hydroxyl groups is 1. The lowest BCUT2D eigenvalue weighted by molar-refractivity contribution is 0.122. The van der Waals surface area contributed by atoms with Crippen molar-refractivity contribution in [2.45, 2.75) is 59.0 Å². The molecule has 2 fully saturated rings. The van der Waals surface area contributed by atoms with Crippen LogP contribution in [-0.4, -0.2) is 29.8 Å². The van der Waals surface area contributed by atoms with Crippen molar-refractivity contribution < 1.29 is 9.90 Å². The molecule has 0 aromatic carbocycles. The highest BCUT2D eigenvalue weighted by molar-refractivity contribution is 5.74. The Balaban J connectivity index is 1.98. The first kappa shape index (κ1) is 13.7. The van der Waals surface area contributed by atoms with Gasteiger partial charge in [-0.3, -0.25) is 0 Å². The maximum absolute atomic E-state index is 11.9. The third kappa shape index (κ3) is 1.91. The van der Waals surface area contributed by atoms with Crippen LogP contribution in [0.4, 0.5) is 4.79 Å². The van der Waals surface area contributed by atoms with Crippen LogP contribution in [0.1, 0.15) is 47.0 Å². The molecular formula is C14H26N2O2. The monoisotopic (exact) mass is 254 g/mol. The summed E-state index contributed by atoms with van der Waals surface area (Å²) in [6.45, 7) is 8.75. The molecule has 2 saturated carbocycles. The fourth-order valence-electron chi connectivity index (χ4n) is 3.89. The summed E-state index contributed by atoms with van der Waals surface area (Å²) in [5, 5.41) is 14.8. The number of rotatable bonds is 3. The molecule has 0 radical (unpaired) electrons. The summed E-state index contributed by atoms with van der Waals surface area (Å²) in [7, 11) is 0. The molecule has 0 aromatic heterocycles. The molecule has 0 saturated heterocycles. The van der Waals surface area contributed by atoms with E-state index in [1.165, 1.54) is 12.8 Å². The van der Waals surface area contributed by atoms with Crippen molar-refractivity contribution in [1.29, 1.82) is 0 Å². The van der Waals surface area contributed by atoms with Gasteiger partial charge in [0.05, 0.1) is 12.6 Å². The first-order valence-corrected chi connectivity index (χ1v) is 6.99. The van der Waals surface area contributed by atoms with Gasteiger partial charge in [0.15, 0.2) is 0 Å². The van der Waals surface area contributed by atoms with Gasteiger partial charge in [0.1, 0.15) is 0 Å². The van der Waals surface area contributed by atoms with Crippen LogP contribution in [0.3, 0.4) is 0 Å². The Bertz CT molecular complexity index is 343. The van der Waals surface area contributed by atoms with Crippen LogP contribution >= 0.6 is 0 Å². The molecule has 0 aromatic rings. The Morgan fingerprint density at radius 3 is 2.56 bits per heavy atom. The van der Waals surface area contributed by atoms with E-state index in [-0.39, 0.29) is 30.1 Å². The van der Waals surface area contributed by atoms with Crippen molar-refractivity contribution in [2.24, 2.45) is 16.7 Å². The second-order valence-electron chi connectivity index (χ2n) is 6.86. The van der Waals surface area contributed by atoms with Gasteiger partial charge in [0.2, 0.25) is 0 Å². The highest BCUT2D eigenvalue weighted by Gasteiger charge is 2.61. The molecule has 4 heteroatoms. The predicted molar refractivity (Wildman–Crippen MR) is 71.2 cm³/mol. The number of urea groups is 1. The fraction of sp³-hybridized carbons (Fsp3) is 0.929. The number of hydrogen-bond acceptors (Lipinski definition) is 2. The van der Waals surface area contributed by atoms with Gasteiger partial charge >= 0.3 is 6.03 Å². The zero-order valence-corrected chi connectivity index (χ0v) is 11.9. The van der Waals surface area contributed by atoms with Gasteiger partial charge in [-0.05, 0) is 42.9 Å². The van der Waals surface area contributed by atoms with Crippen LogP contribution in [0.15, 0.2) is 0 Å². The van der Waals surface area contributed by atoms with E-state index in [0.717, 1.165) is 12.3 Å². The summed E-state index contributed by atoms with van der Waals surface area (Å²) >= 11 is 0. The molecule has 2 bridgehead atoms. The number of fused-ring (bicyclic) bond motifs is 2. The average molecular weight is 254 g/mol. The van der Waals surface area contributed by atoms with Crippen LogP contribution in [0.5, 0.6) is 0 Å². The molecule has 4 atom stereocenters. The van der Waals surface area contributed by atoms with Gasteiger partial charge < -0.3 is 15.7 Å². The molecule has 0 spiro atoms. The van der Waals surface area contributed by atoms with Crippen LogP contribution in [0.25, 0.3) is 0 Å². The summed E-state index contributed by atoms with van der Waals surface area (Å²) in [6.07, 6.45) is 3.58. The zero-order valence-electron chi connectivity index (χ0n) is 11.9. The molecule has 0 aliphatic heterocycles. The minimum atomic E-state index is -0.190. The lowest BCUT2D eigenvalue weighted by Gasteiger charge is -2.39. The normalized spacial score (nSPS) is 38.5. The van der Waals surface area contributed by atoms with Crippen molar-refractivity contribution in [1.82, 2.24) is 10.6 Å². The molecule has 0 heterocycles. The topological polar surface area (TPSA) is 61.4 Å². The summed E-state index contributed by atoms with van der Waals surface area (Å²) in [4.78, 5) is 11.9. The van der Waals surface area contributed by atoms with E-state index in [1.54, 1.807) is 6.92 Å². The Kier molecular flexibility index (Phi) is 3.34. The van der Waals surface area contributed by atoms with E-state index in [2.05, 4.69) is 31.4 Å². The zero-order chi connectivity index (χ0) is 13.6. The molecule has 2 aliphatic carbocycles. The van der Waals surface area contributed by atoms with E-state index in [9.17, 15) is 4.79 Å². The number of nitrogens with one attached hydrogen (secondary N) is 2. The van der Waals surface area contributed by atoms with E-state index in [0.29, 0.717) is 5.41 Å². The fourth-order valence-corrected chi connectivity index (χ4v) is 3.89. The van der Waals surface area contributed by atoms with E-state index >= 15 is 0 Å². The summed E-state index contributed by atoms with van der Waals surface area (Å²) in [5.41, 5.74) is 0.519. The standard InChI is InChI=1S/C14H26N2O2/c1-9(8-17)15-12(18)16-11-7-10-5-6-14(11,4)13(10,2)3/h9-11,17H,5-8H2,1-4H3,(H2,15,16,18). The minimum absolute atomic E-state index is 0.0243. The molecule has 4 unspecified atom stereocenters. The number of amides is 2. The molecule has 2 amide bonds. The molecule has 3 N–H and O–H groups in total. The highest BCUT2D eigenvalue weighted by Crippen LogP contribution is 2.65. The molecular weight excluding hydrogens is 228 g/mol. The number of carbonyl (C=O) groups excluding carboxylic acids is 1. The summed E-state index contributed by atoms with van der Waals surface area (Å²) in [6, 6.07) is -0.0762. The minimum Gasteiger partial charge on any atom is -0.394 e. The van der Waals surface area contributed by atoms with Gasteiger partial charge in [-0.2, -0.15) is 0 Å². The van der Waals surface area contributed by atoms with Gasteiger partial charge in [0, 0.05) is 6.04 Å². The number of aliphatic hydroxyl groups excluding tert-OH is 1. The molecule has 2 rings (SSSR count). The Morgan fingerprint density at radius 1 is 1.44 bits per heavy atom. The number of carbonyl (C=O) groups is 1. The summed E-state index contributed by atoms with van der Waals surface area (Å²) < 4.78 is 0. The molecule has 18 heavy (non-hydrogen) atoms. The van der Waals surface area contributed by atoms with Gasteiger partial charge in [-0.25, -0.2) is 4.79 Å². The third-order valence-corrected chi connectivity index (χ3v) is 5.75. The molecule has 104 valence electrons. The first-order valence-electron chi connectivity index (χ1n) is 6.99. The Hall–Kier alpha value is -0.770. The van der Waals surface area contributed by atoms with Gasteiger partial charge in [-0.1, -0.05) is 20.8 Å². The largest absolute Gasteiger partial charge is 0.394 e. The van der Waals surface area contributed by atoms with Crippen molar-refractivity contribution in [2.75, 3.05) is 6.61 Å². The van der Waals surface area contributed by atoms with E-state index in [1.807, 2.05) is 0 Å². The van der Waals surface area contributed by atoms with Crippen molar-refractivity contribution in [3.63, 3.8) is 0 Å². The van der Waals surface area contributed by atoms with Crippen LogP contribution in [-0.2, 0) is 0 Å². The average Bonchev–Trinajstić information content (AvgIpc) is 2.61. The highest BCUT2D eigenvalue weighted by atomic mass is 16.3. The van der Waals surface area contributed by atoms with Crippen molar-refractivity contribution in [3.8, 4) is 0 Å². The maximum Gasteiger partial charge on any atom is 0.315 e. The van der Waals surface area contributed by atoms with E-state index < -0.39 is 0 Å². The maximum atomic E-state index is 11.9. The molecule has 4 nitrogen and oxygen atoms in total. The second kappa shape index (κ2) is 4.41. The third-order valence-electron chi connectivity index (χ3n) is 5.75. The van der Waals surface area contributed by atoms with Gasteiger partial charge in [0.25, 0.3) is 0 Å². The van der Waals surface area contributed by atoms with Crippen molar-refractivity contribution in [3.05, 3.63) is 0 Å². The molecule has 2 aliphatic rings. The second-order valence-corrected chi connectivity index (χ2v) is 6.86. The first-order chi connectivity index (χ1) is 8.31. The smallest absolute Gasteiger partial charge is 0.315 e. The van der Waals surface area contributed by atoms with Crippen LogP contribution < -0.4 is 10.6 Å².